The zero-order valence-corrected chi connectivity index (χ0v) is 7.88. The first-order valence-electron chi connectivity index (χ1n) is 4.55. The Balaban J connectivity index is 2.23. The van der Waals surface area contributed by atoms with Crippen molar-refractivity contribution in [2.24, 2.45) is 5.92 Å². The molecule has 0 aromatic carbocycles. The standard InChI is InChI=1S/C9H17NO2/c1-3-10-5-4-8(7-10)6-9(11)12-2/h8H,3-7H2,1-2H3. The van der Waals surface area contributed by atoms with Gasteiger partial charge in [0.05, 0.1) is 7.11 Å². The molecule has 0 aliphatic carbocycles. The van der Waals surface area contributed by atoms with Gasteiger partial charge in [-0.25, -0.2) is 0 Å². The summed E-state index contributed by atoms with van der Waals surface area (Å²) in [4.78, 5) is 13.3. The lowest BCUT2D eigenvalue weighted by atomic mass is 10.1. The van der Waals surface area contributed by atoms with Crippen LogP contribution in [0.2, 0.25) is 0 Å². The van der Waals surface area contributed by atoms with Gasteiger partial charge in [0.2, 0.25) is 0 Å². The van der Waals surface area contributed by atoms with Gasteiger partial charge in [-0.15, -0.1) is 0 Å². The van der Waals surface area contributed by atoms with Gasteiger partial charge in [-0.2, -0.15) is 0 Å². The summed E-state index contributed by atoms with van der Waals surface area (Å²) in [7, 11) is 1.45. The van der Waals surface area contributed by atoms with E-state index in [1.54, 1.807) is 0 Å². The highest BCUT2D eigenvalue weighted by Gasteiger charge is 2.23. The highest BCUT2D eigenvalue weighted by molar-refractivity contribution is 5.69. The molecule has 0 spiro atoms. The van der Waals surface area contributed by atoms with Crippen LogP contribution in [0.25, 0.3) is 0 Å². The molecular formula is C9H17NO2. The van der Waals surface area contributed by atoms with Crippen molar-refractivity contribution in [2.75, 3.05) is 26.7 Å². The van der Waals surface area contributed by atoms with Crippen molar-refractivity contribution >= 4 is 5.97 Å². The minimum atomic E-state index is -0.0713. The van der Waals surface area contributed by atoms with Crippen LogP contribution in [-0.4, -0.2) is 37.6 Å². The fourth-order valence-corrected chi connectivity index (χ4v) is 1.69. The Kier molecular flexibility index (Phi) is 3.53. The predicted octanol–water partition coefficient (Wildman–Crippen LogP) is 0.891. The van der Waals surface area contributed by atoms with Gasteiger partial charge in [0.25, 0.3) is 0 Å². The highest BCUT2D eigenvalue weighted by atomic mass is 16.5. The SMILES string of the molecule is CCN1CCC(CC(=O)OC)C1. The number of esters is 1. The molecule has 1 rings (SSSR count). The molecule has 1 unspecified atom stereocenters. The smallest absolute Gasteiger partial charge is 0.305 e. The van der Waals surface area contributed by atoms with Gasteiger partial charge >= 0.3 is 5.97 Å². The van der Waals surface area contributed by atoms with Crippen LogP contribution in [0.15, 0.2) is 0 Å². The van der Waals surface area contributed by atoms with Crippen LogP contribution in [0.5, 0.6) is 0 Å². The monoisotopic (exact) mass is 171 g/mol. The third kappa shape index (κ3) is 2.48. The number of hydrogen-bond acceptors (Lipinski definition) is 3. The molecule has 1 aliphatic rings. The van der Waals surface area contributed by atoms with E-state index in [0.29, 0.717) is 12.3 Å². The van der Waals surface area contributed by atoms with Crippen molar-refractivity contribution < 1.29 is 9.53 Å². The van der Waals surface area contributed by atoms with Crippen molar-refractivity contribution in [3.05, 3.63) is 0 Å². The maximum atomic E-state index is 10.9. The molecule has 1 fully saturated rings. The summed E-state index contributed by atoms with van der Waals surface area (Å²) >= 11 is 0. The lowest BCUT2D eigenvalue weighted by Crippen LogP contribution is -2.20. The van der Waals surface area contributed by atoms with E-state index in [-0.39, 0.29) is 5.97 Å². The quantitative estimate of drug-likeness (QED) is 0.591. The third-order valence-electron chi connectivity index (χ3n) is 2.50. The Morgan fingerprint density at radius 1 is 1.67 bits per heavy atom. The third-order valence-corrected chi connectivity index (χ3v) is 2.50. The van der Waals surface area contributed by atoms with Crippen LogP contribution in [0.3, 0.4) is 0 Å². The van der Waals surface area contributed by atoms with Crippen LogP contribution < -0.4 is 0 Å². The van der Waals surface area contributed by atoms with Crippen molar-refractivity contribution in [3.8, 4) is 0 Å². The second kappa shape index (κ2) is 4.45. The Labute approximate surface area is 73.7 Å². The van der Waals surface area contributed by atoms with Crippen molar-refractivity contribution in [1.82, 2.24) is 4.90 Å². The van der Waals surface area contributed by atoms with Crippen LogP contribution in [-0.2, 0) is 9.53 Å². The number of carbonyl (C=O) groups excluding carboxylic acids is 1. The number of methoxy groups -OCH3 is 1. The summed E-state index contributed by atoms with van der Waals surface area (Å²) in [6, 6.07) is 0. The average Bonchev–Trinajstić information content (AvgIpc) is 2.52. The van der Waals surface area contributed by atoms with Crippen LogP contribution in [0.1, 0.15) is 19.8 Å². The summed E-state index contributed by atoms with van der Waals surface area (Å²) in [6.07, 6.45) is 1.73. The Morgan fingerprint density at radius 2 is 2.42 bits per heavy atom. The number of hydrogen-bond donors (Lipinski definition) is 0. The van der Waals surface area contributed by atoms with Crippen LogP contribution in [0.4, 0.5) is 0 Å². The Morgan fingerprint density at radius 3 is 2.92 bits per heavy atom. The van der Waals surface area contributed by atoms with E-state index >= 15 is 0 Å². The zero-order chi connectivity index (χ0) is 8.97. The van der Waals surface area contributed by atoms with Gasteiger partial charge in [0, 0.05) is 13.0 Å². The maximum absolute atomic E-state index is 10.9. The molecule has 12 heavy (non-hydrogen) atoms. The highest BCUT2D eigenvalue weighted by Crippen LogP contribution is 2.19. The van der Waals surface area contributed by atoms with E-state index < -0.39 is 0 Å². The topological polar surface area (TPSA) is 29.5 Å². The van der Waals surface area contributed by atoms with Crippen molar-refractivity contribution in [3.63, 3.8) is 0 Å². The molecule has 0 amide bonds. The van der Waals surface area contributed by atoms with E-state index in [0.717, 1.165) is 26.1 Å². The fourth-order valence-electron chi connectivity index (χ4n) is 1.69. The summed E-state index contributed by atoms with van der Waals surface area (Å²) in [5, 5.41) is 0. The normalized spacial score (nSPS) is 24.3. The number of carbonyl (C=O) groups is 1. The lowest BCUT2D eigenvalue weighted by Gasteiger charge is -2.11. The zero-order valence-electron chi connectivity index (χ0n) is 7.88. The van der Waals surface area contributed by atoms with Gasteiger partial charge < -0.3 is 9.64 Å². The molecular weight excluding hydrogens is 154 g/mol. The molecule has 3 heteroatoms. The number of ether oxygens (including phenoxy) is 1. The summed E-state index contributed by atoms with van der Waals surface area (Å²) in [6.45, 7) is 5.45. The van der Waals surface area contributed by atoms with Gasteiger partial charge in [0.15, 0.2) is 0 Å². The molecule has 1 heterocycles. The van der Waals surface area contributed by atoms with Gasteiger partial charge in [-0.3, -0.25) is 4.79 Å². The first-order valence-corrected chi connectivity index (χ1v) is 4.55. The number of nitrogens with zero attached hydrogens (tertiary/aromatic N) is 1. The van der Waals surface area contributed by atoms with Gasteiger partial charge in [-0.1, -0.05) is 6.92 Å². The van der Waals surface area contributed by atoms with Crippen molar-refractivity contribution in [2.45, 2.75) is 19.8 Å². The first-order chi connectivity index (χ1) is 5.76. The van der Waals surface area contributed by atoms with E-state index in [4.69, 9.17) is 0 Å². The Bertz CT molecular complexity index is 159. The molecule has 1 aliphatic heterocycles. The van der Waals surface area contributed by atoms with Crippen LogP contribution >= 0.6 is 0 Å². The molecule has 0 aromatic rings. The Hall–Kier alpha value is -0.570. The molecule has 0 N–H and O–H groups in total. The van der Waals surface area contributed by atoms with E-state index in [1.165, 1.54) is 7.11 Å². The summed E-state index contributed by atoms with van der Waals surface area (Å²) < 4.78 is 4.62. The average molecular weight is 171 g/mol. The second-order valence-corrected chi connectivity index (χ2v) is 3.33. The van der Waals surface area contributed by atoms with Gasteiger partial charge in [-0.05, 0) is 25.4 Å². The van der Waals surface area contributed by atoms with Gasteiger partial charge in [0.1, 0.15) is 0 Å². The first kappa shape index (κ1) is 9.52. The molecule has 0 aromatic heterocycles. The largest absolute Gasteiger partial charge is 0.469 e. The predicted molar refractivity (Wildman–Crippen MR) is 46.9 cm³/mol. The van der Waals surface area contributed by atoms with Crippen molar-refractivity contribution in [1.29, 1.82) is 0 Å². The van der Waals surface area contributed by atoms with Crippen LogP contribution in [0, 0.1) is 5.92 Å². The minimum absolute atomic E-state index is 0.0713. The summed E-state index contributed by atoms with van der Waals surface area (Å²) in [5.41, 5.74) is 0. The second-order valence-electron chi connectivity index (χ2n) is 3.33. The molecule has 0 saturated carbocycles. The maximum Gasteiger partial charge on any atom is 0.305 e. The number of likely N-dealkylation sites (tertiary alicyclic amines) is 1. The molecule has 70 valence electrons. The summed E-state index contributed by atoms with van der Waals surface area (Å²) in [5.74, 6) is 0.454. The molecule has 3 nitrogen and oxygen atoms in total. The van der Waals surface area contributed by atoms with E-state index in [1.807, 2.05) is 0 Å². The minimum Gasteiger partial charge on any atom is -0.469 e. The fraction of sp³-hybridized carbons (Fsp3) is 0.889. The number of rotatable bonds is 3. The molecule has 0 radical (unpaired) electrons. The lowest BCUT2D eigenvalue weighted by molar-refractivity contribution is -0.141. The molecule has 1 atom stereocenters. The molecule has 1 saturated heterocycles. The molecule has 0 bridgehead atoms. The van der Waals surface area contributed by atoms with E-state index in [9.17, 15) is 4.79 Å². The van der Waals surface area contributed by atoms with E-state index in [2.05, 4.69) is 16.6 Å².